The van der Waals surface area contributed by atoms with Gasteiger partial charge in [0.25, 0.3) is 11.1 Å². The van der Waals surface area contributed by atoms with E-state index in [2.05, 4.69) is 27.0 Å². The maximum absolute atomic E-state index is 15.2. The van der Waals surface area contributed by atoms with Crippen LogP contribution in [0.15, 0.2) is 53.6 Å². The fourth-order valence-corrected chi connectivity index (χ4v) is 5.20. The fraction of sp³-hybridized carbons (Fsp3) is 0.269. The Morgan fingerprint density at radius 2 is 1.91 bits per heavy atom. The summed E-state index contributed by atoms with van der Waals surface area (Å²) in [5, 5.41) is 3.71. The van der Waals surface area contributed by atoms with Crippen LogP contribution in [-0.2, 0) is 4.79 Å². The first-order valence-corrected chi connectivity index (χ1v) is 12.2. The molecule has 0 saturated carbocycles. The number of carbonyl (C=O) groups is 2. The SMILES string of the molecule is CCCN1CCN(c2ccc(-c3nccc4ccc(C=C5SC(=O)NC5=O)cc34)cc2F)CC1. The van der Waals surface area contributed by atoms with Gasteiger partial charge in [0.2, 0.25) is 0 Å². The standard InChI is InChI=1S/C26H25FN4O2S/c1-2-9-30-10-12-31(13-11-30)22-6-5-19(16-21(22)27)24-20-14-17(3-4-18(20)7-8-28-24)15-23-25(32)29-26(33)34-23/h3-8,14-16H,2,9-13H2,1H3,(H,29,32,33). The summed E-state index contributed by atoms with van der Waals surface area (Å²) in [7, 11) is 0. The molecule has 0 radical (unpaired) electrons. The van der Waals surface area contributed by atoms with E-state index in [1.807, 2.05) is 36.4 Å². The van der Waals surface area contributed by atoms with Crippen molar-refractivity contribution in [3.8, 4) is 11.3 Å². The van der Waals surface area contributed by atoms with Gasteiger partial charge in [-0.2, -0.15) is 0 Å². The smallest absolute Gasteiger partial charge is 0.290 e. The van der Waals surface area contributed by atoms with Gasteiger partial charge in [0.1, 0.15) is 5.82 Å². The zero-order valence-corrected chi connectivity index (χ0v) is 19.7. The van der Waals surface area contributed by atoms with Gasteiger partial charge in [-0.05, 0) is 66.0 Å². The molecular formula is C26H25FN4O2S. The van der Waals surface area contributed by atoms with Crippen molar-refractivity contribution in [1.29, 1.82) is 0 Å². The van der Waals surface area contributed by atoms with Crippen molar-refractivity contribution in [2.24, 2.45) is 0 Å². The Labute approximate surface area is 201 Å². The van der Waals surface area contributed by atoms with E-state index in [0.29, 0.717) is 21.8 Å². The van der Waals surface area contributed by atoms with Gasteiger partial charge in [0, 0.05) is 43.3 Å². The Morgan fingerprint density at radius 1 is 1.09 bits per heavy atom. The summed E-state index contributed by atoms with van der Waals surface area (Å²) in [6, 6.07) is 13.0. The molecule has 174 valence electrons. The number of amides is 2. The van der Waals surface area contributed by atoms with Gasteiger partial charge in [-0.15, -0.1) is 0 Å². The maximum Gasteiger partial charge on any atom is 0.290 e. The average Bonchev–Trinajstić information content (AvgIpc) is 3.15. The first-order valence-electron chi connectivity index (χ1n) is 11.4. The van der Waals surface area contributed by atoms with Crippen molar-refractivity contribution in [3.05, 3.63) is 64.9 Å². The molecule has 1 N–H and O–H groups in total. The summed E-state index contributed by atoms with van der Waals surface area (Å²) >= 11 is 0.883. The second-order valence-electron chi connectivity index (χ2n) is 8.49. The van der Waals surface area contributed by atoms with E-state index >= 15 is 4.39 Å². The molecule has 34 heavy (non-hydrogen) atoms. The topological polar surface area (TPSA) is 65.5 Å². The van der Waals surface area contributed by atoms with Crippen LogP contribution in [0.5, 0.6) is 0 Å². The molecule has 1 aromatic heterocycles. The number of thioether (sulfide) groups is 1. The number of carbonyl (C=O) groups excluding carboxylic acids is 2. The molecule has 2 aliphatic heterocycles. The summed E-state index contributed by atoms with van der Waals surface area (Å²) < 4.78 is 15.2. The monoisotopic (exact) mass is 476 g/mol. The van der Waals surface area contributed by atoms with E-state index in [1.54, 1.807) is 18.3 Å². The van der Waals surface area contributed by atoms with Crippen LogP contribution in [0, 0.1) is 5.82 Å². The second-order valence-corrected chi connectivity index (χ2v) is 9.50. The average molecular weight is 477 g/mol. The second kappa shape index (κ2) is 9.56. The highest BCUT2D eigenvalue weighted by Gasteiger charge is 2.25. The van der Waals surface area contributed by atoms with E-state index in [1.165, 1.54) is 0 Å². The minimum absolute atomic E-state index is 0.254. The van der Waals surface area contributed by atoms with E-state index in [4.69, 9.17) is 0 Å². The Morgan fingerprint density at radius 3 is 2.62 bits per heavy atom. The summed E-state index contributed by atoms with van der Waals surface area (Å²) in [6.45, 7) is 6.78. The van der Waals surface area contributed by atoms with Crippen molar-refractivity contribution in [1.82, 2.24) is 15.2 Å². The summed E-state index contributed by atoms with van der Waals surface area (Å²) in [5.41, 5.74) is 2.77. The Hall–Kier alpha value is -3.23. The van der Waals surface area contributed by atoms with Crippen LogP contribution in [0.2, 0.25) is 0 Å². The lowest BCUT2D eigenvalue weighted by Gasteiger charge is -2.36. The molecular weight excluding hydrogens is 451 g/mol. The molecule has 8 heteroatoms. The van der Waals surface area contributed by atoms with E-state index in [0.717, 1.165) is 67.2 Å². The van der Waals surface area contributed by atoms with Crippen LogP contribution in [0.25, 0.3) is 28.1 Å². The number of rotatable bonds is 5. The lowest BCUT2D eigenvalue weighted by molar-refractivity contribution is -0.115. The number of nitrogens with zero attached hydrogens (tertiary/aromatic N) is 3. The van der Waals surface area contributed by atoms with Crippen LogP contribution in [0.3, 0.4) is 0 Å². The number of hydrogen-bond donors (Lipinski definition) is 1. The first-order chi connectivity index (χ1) is 16.5. The minimum Gasteiger partial charge on any atom is -0.367 e. The van der Waals surface area contributed by atoms with Crippen LogP contribution in [-0.4, -0.2) is 53.8 Å². The number of fused-ring (bicyclic) bond motifs is 1. The lowest BCUT2D eigenvalue weighted by Crippen LogP contribution is -2.46. The van der Waals surface area contributed by atoms with Gasteiger partial charge in [0.05, 0.1) is 16.3 Å². The van der Waals surface area contributed by atoms with Crippen molar-refractivity contribution in [3.63, 3.8) is 0 Å². The number of halogens is 1. The number of piperazine rings is 1. The van der Waals surface area contributed by atoms with Crippen LogP contribution in [0.1, 0.15) is 18.9 Å². The van der Waals surface area contributed by atoms with Crippen LogP contribution < -0.4 is 10.2 Å². The third kappa shape index (κ3) is 4.56. The number of nitrogens with one attached hydrogen (secondary N) is 1. The normalized spacial score (nSPS) is 18.2. The molecule has 0 spiro atoms. The molecule has 2 saturated heterocycles. The molecule has 2 fully saturated rings. The molecule has 0 aliphatic carbocycles. The molecule has 2 aliphatic rings. The quantitative estimate of drug-likeness (QED) is 0.529. The molecule has 2 amide bonds. The summed E-state index contributed by atoms with van der Waals surface area (Å²) in [6.07, 6.45) is 4.53. The Bertz CT molecular complexity index is 1300. The summed E-state index contributed by atoms with van der Waals surface area (Å²) in [5.74, 6) is -0.647. The van der Waals surface area contributed by atoms with Crippen LogP contribution in [0.4, 0.5) is 14.9 Å². The van der Waals surface area contributed by atoms with E-state index in [-0.39, 0.29) is 11.1 Å². The number of aromatic nitrogens is 1. The van der Waals surface area contributed by atoms with Gasteiger partial charge in [-0.3, -0.25) is 24.8 Å². The number of hydrogen-bond acceptors (Lipinski definition) is 6. The maximum atomic E-state index is 15.2. The number of pyridine rings is 1. The van der Waals surface area contributed by atoms with Gasteiger partial charge in [-0.25, -0.2) is 4.39 Å². The lowest BCUT2D eigenvalue weighted by atomic mass is 10.0. The highest BCUT2D eigenvalue weighted by molar-refractivity contribution is 8.18. The van der Waals surface area contributed by atoms with E-state index in [9.17, 15) is 9.59 Å². The van der Waals surface area contributed by atoms with Gasteiger partial charge >= 0.3 is 0 Å². The third-order valence-corrected chi connectivity index (χ3v) is 7.01. The third-order valence-electron chi connectivity index (χ3n) is 6.20. The molecule has 0 unspecified atom stereocenters. The highest BCUT2D eigenvalue weighted by atomic mass is 32.2. The Balaban J connectivity index is 1.45. The predicted molar refractivity (Wildman–Crippen MR) is 135 cm³/mol. The first kappa shape index (κ1) is 22.6. The van der Waals surface area contributed by atoms with Crippen molar-refractivity contribution in [2.45, 2.75) is 13.3 Å². The van der Waals surface area contributed by atoms with Crippen molar-refractivity contribution in [2.75, 3.05) is 37.6 Å². The van der Waals surface area contributed by atoms with Crippen LogP contribution >= 0.6 is 11.8 Å². The van der Waals surface area contributed by atoms with Gasteiger partial charge < -0.3 is 4.90 Å². The fourth-order valence-electron chi connectivity index (χ4n) is 4.52. The van der Waals surface area contributed by atoms with Gasteiger partial charge in [-0.1, -0.05) is 25.1 Å². The van der Waals surface area contributed by atoms with Gasteiger partial charge in [0.15, 0.2) is 0 Å². The predicted octanol–water partition coefficient (Wildman–Crippen LogP) is 4.90. The number of benzene rings is 2. The van der Waals surface area contributed by atoms with Crippen molar-refractivity contribution >= 4 is 45.4 Å². The molecule has 2 aromatic carbocycles. The zero-order valence-electron chi connectivity index (χ0n) is 18.9. The molecule has 0 atom stereocenters. The molecule has 0 bridgehead atoms. The molecule has 6 nitrogen and oxygen atoms in total. The molecule has 3 heterocycles. The van der Waals surface area contributed by atoms with E-state index < -0.39 is 5.91 Å². The highest BCUT2D eigenvalue weighted by Crippen LogP contribution is 2.32. The largest absolute Gasteiger partial charge is 0.367 e. The number of imide groups is 1. The minimum atomic E-state index is -0.394. The molecule has 5 rings (SSSR count). The Kier molecular flexibility index (Phi) is 6.34. The molecule has 3 aromatic rings. The van der Waals surface area contributed by atoms with Crippen molar-refractivity contribution < 1.29 is 14.0 Å². The summed E-state index contributed by atoms with van der Waals surface area (Å²) in [4.78, 5) is 32.8. The number of anilines is 1. The zero-order chi connectivity index (χ0) is 23.7.